The molecule has 1 amide bonds. The zero-order valence-electron chi connectivity index (χ0n) is 27.2. The van der Waals surface area contributed by atoms with Gasteiger partial charge in [0.15, 0.2) is 0 Å². The predicted octanol–water partition coefficient (Wildman–Crippen LogP) is 7.82. The number of hydrogen-bond acceptors (Lipinski definition) is 6. The standard InChI is InChI=1S/C38H40N4O4S/c1-5-10-34-41-35-25(4)20-28(36(43)40-29(19-24(2)3)23-47-38(46)32-13-8-9-18-39-32)21-33(35)42(34)22-26-14-16-27(17-15-26)30-11-6-7-12-31(30)37(44)45/h6-9,11-18,20-21,24,29H,5,10,19,22-23H2,1-4H3,(H,40,43)(H,44,45). The lowest BCUT2D eigenvalue weighted by atomic mass is 9.98. The predicted molar refractivity (Wildman–Crippen MR) is 188 cm³/mol. The van der Waals surface area contributed by atoms with Crippen LogP contribution in [0.15, 0.2) is 85.1 Å². The van der Waals surface area contributed by atoms with Gasteiger partial charge in [-0.25, -0.2) is 9.78 Å². The van der Waals surface area contributed by atoms with Crippen LogP contribution in [-0.4, -0.2) is 48.4 Å². The third kappa shape index (κ3) is 8.16. The number of carboxylic acid groups (broad SMARTS) is 1. The molecule has 2 heterocycles. The number of aryl methyl sites for hydroxylation is 2. The molecule has 5 rings (SSSR count). The number of aromatic carboxylic acids is 1. The Hall–Kier alpha value is -4.76. The Morgan fingerprint density at radius 1 is 0.979 bits per heavy atom. The summed E-state index contributed by atoms with van der Waals surface area (Å²) in [5.41, 5.74) is 6.45. The molecule has 1 atom stereocenters. The maximum Gasteiger partial charge on any atom is 0.336 e. The molecule has 9 heteroatoms. The SMILES string of the molecule is CCCc1nc2c(C)cc(C(=O)NC(CSC(=O)c3ccccn3)CC(C)C)cc2n1Cc1ccc(-c2ccccc2C(=O)O)cc1. The van der Waals surface area contributed by atoms with Gasteiger partial charge in [-0.15, -0.1) is 0 Å². The third-order valence-electron chi connectivity index (χ3n) is 8.00. The molecule has 0 aliphatic carbocycles. The first-order chi connectivity index (χ1) is 22.6. The maximum atomic E-state index is 13.7. The van der Waals surface area contributed by atoms with E-state index in [2.05, 4.69) is 35.6 Å². The van der Waals surface area contributed by atoms with Gasteiger partial charge < -0.3 is 15.0 Å². The van der Waals surface area contributed by atoms with Crippen molar-refractivity contribution in [2.24, 2.45) is 5.92 Å². The van der Waals surface area contributed by atoms with Crippen molar-refractivity contribution in [3.8, 4) is 11.1 Å². The lowest BCUT2D eigenvalue weighted by Crippen LogP contribution is -2.38. The van der Waals surface area contributed by atoms with Gasteiger partial charge in [-0.05, 0) is 78.3 Å². The monoisotopic (exact) mass is 648 g/mol. The molecule has 2 aromatic heterocycles. The second-order valence-corrected chi connectivity index (χ2v) is 13.2. The van der Waals surface area contributed by atoms with E-state index >= 15 is 0 Å². The van der Waals surface area contributed by atoms with Crippen molar-refractivity contribution in [1.82, 2.24) is 19.9 Å². The van der Waals surface area contributed by atoms with Gasteiger partial charge in [0.25, 0.3) is 5.91 Å². The van der Waals surface area contributed by atoms with E-state index in [0.717, 1.165) is 52.8 Å². The summed E-state index contributed by atoms with van der Waals surface area (Å²) in [7, 11) is 0. The highest BCUT2D eigenvalue weighted by Crippen LogP contribution is 2.27. The van der Waals surface area contributed by atoms with Gasteiger partial charge >= 0.3 is 5.97 Å². The lowest BCUT2D eigenvalue weighted by molar-refractivity contribution is 0.0697. The fraction of sp³-hybridized carbons (Fsp3) is 0.289. The summed E-state index contributed by atoms with van der Waals surface area (Å²) < 4.78 is 2.18. The van der Waals surface area contributed by atoms with Crippen LogP contribution in [0.4, 0.5) is 0 Å². The number of aromatic nitrogens is 3. The molecule has 1 unspecified atom stereocenters. The third-order valence-corrected chi connectivity index (χ3v) is 9.04. The van der Waals surface area contributed by atoms with Crippen LogP contribution in [0.5, 0.6) is 0 Å². The summed E-state index contributed by atoms with van der Waals surface area (Å²) in [6, 6.07) is 23.8. The second kappa shape index (κ2) is 15.2. The Morgan fingerprint density at radius 3 is 2.40 bits per heavy atom. The van der Waals surface area contributed by atoms with Crippen LogP contribution in [0.25, 0.3) is 22.2 Å². The Bertz CT molecular complexity index is 1880. The number of carbonyl (C=O) groups is 3. The minimum Gasteiger partial charge on any atom is -0.478 e. The molecule has 0 aliphatic heterocycles. The number of fused-ring (bicyclic) bond motifs is 1. The molecule has 5 aromatic rings. The van der Waals surface area contributed by atoms with Crippen LogP contribution in [0.2, 0.25) is 0 Å². The maximum absolute atomic E-state index is 13.7. The van der Waals surface area contributed by atoms with Crippen LogP contribution in [0.1, 0.15) is 81.8 Å². The number of pyridine rings is 1. The molecule has 8 nitrogen and oxygen atoms in total. The Balaban J connectivity index is 1.40. The first kappa shape index (κ1) is 33.6. The fourth-order valence-corrected chi connectivity index (χ4v) is 6.64. The molecule has 0 saturated heterocycles. The number of rotatable bonds is 13. The number of nitrogens with zero attached hydrogens (tertiary/aromatic N) is 3. The molecule has 0 bridgehead atoms. The number of hydrogen-bond donors (Lipinski definition) is 2. The van der Waals surface area contributed by atoms with Gasteiger partial charge in [0, 0.05) is 36.5 Å². The number of nitrogens with one attached hydrogen (secondary N) is 1. The Labute approximate surface area is 279 Å². The minimum absolute atomic E-state index is 0.114. The number of amides is 1. The van der Waals surface area contributed by atoms with Gasteiger partial charge in [0.05, 0.1) is 16.6 Å². The van der Waals surface area contributed by atoms with E-state index < -0.39 is 5.97 Å². The Kier molecular flexibility index (Phi) is 10.9. The van der Waals surface area contributed by atoms with Crippen LogP contribution < -0.4 is 5.32 Å². The van der Waals surface area contributed by atoms with E-state index in [9.17, 15) is 19.5 Å². The highest BCUT2D eigenvalue weighted by Gasteiger charge is 2.21. The van der Waals surface area contributed by atoms with Crippen molar-refractivity contribution < 1.29 is 19.5 Å². The van der Waals surface area contributed by atoms with E-state index in [0.29, 0.717) is 35.0 Å². The largest absolute Gasteiger partial charge is 0.478 e. The summed E-state index contributed by atoms with van der Waals surface area (Å²) in [5, 5.41) is 12.7. The van der Waals surface area contributed by atoms with E-state index in [1.807, 2.05) is 55.5 Å². The molecule has 47 heavy (non-hydrogen) atoms. The zero-order chi connectivity index (χ0) is 33.5. The van der Waals surface area contributed by atoms with Crippen molar-refractivity contribution >= 4 is 39.8 Å². The summed E-state index contributed by atoms with van der Waals surface area (Å²) >= 11 is 1.18. The summed E-state index contributed by atoms with van der Waals surface area (Å²) in [6.45, 7) is 8.86. The smallest absolute Gasteiger partial charge is 0.336 e. The van der Waals surface area contributed by atoms with Gasteiger partial charge in [-0.3, -0.25) is 14.6 Å². The van der Waals surface area contributed by atoms with Gasteiger partial charge in [0.2, 0.25) is 5.12 Å². The fourth-order valence-electron chi connectivity index (χ4n) is 5.80. The zero-order valence-corrected chi connectivity index (χ0v) is 28.0. The lowest BCUT2D eigenvalue weighted by Gasteiger charge is -2.20. The minimum atomic E-state index is -0.957. The van der Waals surface area contributed by atoms with E-state index in [4.69, 9.17) is 4.98 Å². The van der Waals surface area contributed by atoms with Gasteiger partial charge in [0.1, 0.15) is 11.5 Å². The molecular weight excluding hydrogens is 609 g/mol. The summed E-state index contributed by atoms with van der Waals surface area (Å²) in [5.74, 6) is 0.591. The Morgan fingerprint density at radius 2 is 1.72 bits per heavy atom. The quantitative estimate of drug-likeness (QED) is 0.134. The van der Waals surface area contributed by atoms with Crippen molar-refractivity contribution in [1.29, 1.82) is 0 Å². The normalized spacial score (nSPS) is 11.9. The topological polar surface area (TPSA) is 114 Å². The number of benzene rings is 3. The molecule has 0 fully saturated rings. The first-order valence-corrected chi connectivity index (χ1v) is 16.9. The molecule has 3 aromatic carbocycles. The summed E-state index contributed by atoms with van der Waals surface area (Å²) in [4.78, 5) is 47.3. The van der Waals surface area contributed by atoms with Crippen LogP contribution >= 0.6 is 11.8 Å². The average Bonchev–Trinajstić information content (AvgIpc) is 3.41. The molecule has 0 saturated carbocycles. The molecular formula is C38H40N4O4S. The molecule has 0 spiro atoms. The van der Waals surface area contributed by atoms with E-state index in [1.54, 1.807) is 36.5 Å². The van der Waals surface area contributed by atoms with Gasteiger partial charge in [-0.1, -0.05) is 81.1 Å². The average molecular weight is 649 g/mol. The van der Waals surface area contributed by atoms with Crippen molar-refractivity contribution in [3.63, 3.8) is 0 Å². The highest BCUT2D eigenvalue weighted by molar-refractivity contribution is 8.14. The highest BCUT2D eigenvalue weighted by atomic mass is 32.2. The second-order valence-electron chi connectivity index (χ2n) is 12.2. The molecule has 2 N–H and O–H groups in total. The van der Waals surface area contributed by atoms with Crippen molar-refractivity contribution in [2.75, 3.05) is 5.75 Å². The van der Waals surface area contributed by atoms with Crippen molar-refractivity contribution in [2.45, 2.75) is 59.5 Å². The molecule has 242 valence electrons. The van der Waals surface area contributed by atoms with E-state index in [1.165, 1.54) is 11.8 Å². The van der Waals surface area contributed by atoms with Crippen LogP contribution in [-0.2, 0) is 13.0 Å². The van der Waals surface area contributed by atoms with Crippen LogP contribution in [0, 0.1) is 12.8 Å². The molecule has 0 radical (unpaired) electrons. The number of carbonyl (C=O) groups excluding carboxylic acids is 2. The van der Waals surface area contributed by atoms with E-state index in [-0.39, 0.29) is 22.6 Å². The number of imidazole rings is 1. The van der Waals surface area contributed by atoms with Crippen molar-refractivity contribution in [3.05, 3.63) is 119 Å². The molecule has 0 aliphatic rings. The summed E-state index contributed by atoms with van der Waals surface area (Å²) in [6.07, 6.45) is 4.05. The number of carboxylic acids is 1. The first-order valence-electron chi connectivity index (χ1n) is 15.9. The van der Waals surface area contributed by atoms with Crippen LogP contribution in [0.3, 0.4) is 0 Å². The van der Waals surface area contributed by atoms with Gasteiger partial charge in [-0.2, -0.15) is 0 Å². The number of thioether (sulfide) groups is 1.